The van der Waals surface area contributed by atoms with Gasteiger partial charge in [-0.15, -0.1) is 12.4 Å². The lowest BCUT2D eigenvalue weighted by Gasteiger charge is -2.23. The molecule has 0 fully saturated rings. The lowest BCUT2D eigenvalue weighted by atomic mass is 9.89. The fourth-order valence-corrected chi connectivity index (χ4v) is 2.93. The monoisotopic (exact) mass is 324 g/mol. The highest BCUT2D eigenvalue weighted by Crippen LogP contribution is 2.24. The van der Waals surface area contributed by atoms with Gasteiger partial charge in [0.1, 0.15) is 0 Å². The van der Waals surface area contributed by atoms with Crippen molar-refractivity contribution in [1.29, 1.82) is 0 Å². The molecule has 0 spiro atoms. The predicted octanol–water partition coefficient (Wildman–Crippen LogP) is 3.54. The summed E-state index contributed by atoms with van der Waals surface area (Å²) in [5.41, 5.74) is 10.1. The minimum Gasteiger partial charge on any atom is -0.348 e. The Bertz CT molecular complexity index is 504. The molecule has 3 atom stereocenters. The number of nitrogens with one attached hydrogen (secondary N) is 1. The summed E-state index contributed by atoms with van der Waals surface area (Å²) in [5, 5.41) is 3.05. The first kappa shape index (κ1) is 19.0. The van der Waals surface area contributed by atoms with Crippen molar-refractivity contribution in [3.8, 4) is 0 Å². The Balaban J connectivity index is 0.00000242. The van der Waals surface area contributed by atoms with Gasteiger partial charge in [0.05, 0.1) is 12.1 Å². The predicted molar refractivity (Wildman–Crippen MR) is 94.3 cm³/mol. The lowest BCUT2D eigenvalue weighted by Crippen LogP contribution is -2.45. The Morgan fingerprint density at radius 1 is 1.23 bits per heavy atom. The van der Waals surface area contributed by atoms with E-state index in [0.29, 0.717) is 0 Å². The van der Waals surface area contributed by atoms with Crippen molar-refractivity contribution in [2.45, 2.75) is 65.0 Å². The third kappa shape index (κ3) is 4.47. The molecule has 1 aliphatic rings. The van der Waals surface area contributed by atoms with Crippen molar-refractivity contribution >= 4 is 18.3 Å². The molecule has 0 aromatic heterocycles. The van der Waals surface area contributed by atoms with Crippen LogP contribution in [0.1, 0.15) is 62.8 Å². The molecule has 4 heteroatoms. The van der Waals surface area contributed by atoms with Gasteiger partial charge in [-0.1, -0.05) is 38.5 Å². The summed E-state index contributed by atoms with van der Waals surface area (Å²) in [5.74, 6) is 0.162. The minimum atomic E-state index is -0.421. The number of amides is 1. The maximum atomic E-state index is 12.2. The van der Waals surface area contributed by atoms with E-state index in [0.717, 1.165) is 12.8 Å². The van der Waals surface area contributed by atoms with Crippen LogP contribution in [0.5, 0.6) is 0 Å². The zero-order valence-electron chi connectivity index (χ0n) is 13.9. The third-order valence-corrected chi connectivity index (χ3v) is 4.79. The normalized spacial score (nSPS) is 17.6. The van der Waals surface area contributed by atoms with Crippen molar-refractivity contribution < 1.29 is 4.79 Å². The molecule has 0 saturated carbocycles. The van der Waals surface area contributed by atoms with Gasteiger partial charge in [0.15, 0.2) is 0 Å². The maximum absolute atomic E-state index is 12.2. The van der Waals surface area contributed by atoms with Crippen molar-refractivity contribution in [2.75, 3.05) is 0 Å². The van der Waals surface area contributed by atoms with Gasteiger partial charge < -0.3 is 11.1 Å². The Morgan fingerprint density at radius 2 is 1.86 bits per heavy atom. The smallest absolute Gasteiger partial charge is 0.237 e. The summed E-state index contributed by atoms with van der Waals surface area (Å²) in [7, 11) is 0. The van der Waals surface area contributed by atoms with Gasteiger partial charge in [0.2, 0.25) is 5.91 Å². The first-order valence-corrected chi connectivity index (χ1v) is 8.20. The van der Waals surface area contributed by atoms with Crippen molar-refractivity contribution in [2.24, 2.45) is 11.7 Å². The minimum absolute atomic E-state index is 0. The van der Waals surface area contributed by atoms with Crippen molar-refractivity contribution in [3.63, 3.8) is 0 Å². The van der Waals surface area contributed by atoms with Crippen LogP contribution in [0.15, 0.2) is 18.2 Å². The van der Waals surface area contributed by atoms with E-state index in [2.05, 4.69) is 30.4 Å². The largest absolute Gasteiger partial charge is 0.348 e. The first-order chi connectivity index (χ1) is 10.0. The molecule has 3 N–H and O–H groups in total. The molecule has 1 amide bonds. The molecular formula is C18H29ClN2O. The SMILES string of the molecule is CCC(C)C(N)C(=O)NC(C)c1ccc2c(c1)CCCC2.Cl. The van der Waals surface area contributed by atoms with Gasteiger partial charge >= 0.3 is 0 Å². The van der Waals surface area contributed by atoms with Crippen LogP contribution in [-0.2, 0) is 17.6 Å². The Labute approximate surface area is 140 Å². The average molecular weight is 325 g/mol. The number of aryl methyl sites for hydroxylation is 2. The van der Waals surface area contributed by atoms with Gasteiger partial charge in [-0.05, 0) is 55.2 Å². The average Bonchev–Trinajstić information content (AvgIpc) is 2.52. The molecule has 3 nitrogen and oxygen atoms in total. The van der Waals surface area contributed by atoms with E-state index < -0.39 is 6.04 Å². The molecule has 22 heavy (non-hydrogen) atoms. The number of rotatable bonds is 5. The number of nitrogens with two attached hydrogens (primary N) is 1. The Kier molecular flexibility index (Phi) is 7.37. The Morgan fingerprint density at radius 3 is 2.50 bits per heavy atom. The molecule has 1 aromatic rings. The zero-order valence-corrected chi connectivity index (χ0v) is 14.7. The molecule has 0 bridgehead atoms. The van der Waals surface area contributed by atoms with Gasteiger partial charge in [0, 0.05) is 0 Å². The van der Waals surface area contributed by atoms with Crippen LogP contribution < -0.4 is 11.1 Å². The standard InChI is InChI=1S/C18H28N2O.ClH/c1-4-12(2)17(19)18(21)20-13(3)15-10-9-14-7-5-6-8-16(14)11-15;/h9-13,17H,4-8,19H2,1-3H3,(H,20,21);1H. The summed E-state index contributed by atoms with van der Waals surface area (Å²) in [6, 6.07) is 6.22. The van der Waals surface area contributed by atoms with Crippen LogP contribution in [0.4, 0.5) is 0 Å². The number of halogens is 1. The van der Waals surface area contributed by atoms with Crippen LogP contribution in [0.2, 0.25) is 0 Å². The summed E-state index contributed by atoms with van der Waals surface area (Å²) in [6.07, 6.45) is 5.84. The fourth-order valence-electron chi connectivity index (χ4n) is 2.93. The van der Waals surface area contributed by atoms with Gasteiger partial charge in [0.25, 0.3) is 0 Å². The van der Waals surface area contributed by atoms with E-state index in [1.165, 1.54) is 36.0 Å². The summed E-state index contributed by atoms with van der Waals surface area (Å²) in [4.78, 5) is 12.2. The Hall–Kier alpha value is -1.06. The molecule has 0 radical (unpaired) electrons. The molecule has 124 valence electrons. The van der Waals surface area contributed by atoms with E-state index in [4.69, 9.17) is 5.73 Å². The van der Waals surface area contributed by atoms with E-state index in [1.54, 1.807) is 0 Å². The molecule has 0 aliphatic heterocycles. The van der Waals surface area contributed by atoms with Crippen LogP contribution in [0.25, 0.3) is 0 Å². The van der Waals surface area contributed by atoms with Crippen LogP contribution in [0.3, 0.4) is 0 Å². The maximum Gasteiger partial charge on any atom is 0.237 e. The van der Waals surface area contributed by atoms with Crippen LogP contribution >= 0.6 is 12.4 Å². The highest BCUT2D eigenvalue weighted by Gasteiger charge is 2.21. The second-order valence-electron chi connectivity index (χ2n) is 6.38. The van der Waals surface area contributed by atoms with E-state index in [-0.39, 0.29) is 30.3 Å². The highest BCUT2D eigenvalue weighted by atomic mass is 35.5. The second-order valence-corrected chi connectivity index (χ2v) is 6.38. The molecule has 0 saturated heterocycles. The van der Waals surface area contributed by atoms with Gasteiger partial charge in [-0.3, -0.25) is 4.79 Å². The fraction of sp³-hybridized carbons (Fsp3) is 0.611. The van der Waals surface area contributed by atoms with E-state index in [1.807, 2.05) is 13.8 Å². The van der Waals surface area contributed by atoms with E-state index in [9.17, 15) is 4.79 Å². The number of hydrogen-bond donors (Lipinski definition) is 2. The molecular weight excluding hydrogens is 296 g/mol. The first-order valence-electron chi connectivity index (χ1n) is 8.20. The topological polar surface area (TPSA) is 55.1 Å². The molecule has 0 heterocycles. The molecule has 3 unspecified atom stereocenters. The van der Waals surface area contributed by atoms with Crippen LogP contribution in [-0.4, -0.2) is 11.9 Å². The number of carbonyl (C=O) groups excluding carboxylic acids is 1. The number of benzene rings is 1. The van der Waals surface area contributed by atoms with Crippen molar-refractivity contribution in [3.05, 3.63) is 34.9 Å². The number of carbonyl (C=O) groups is 1. The summed E-state index contributed by atoms with van der Waals surface area (Å²) < 4.78 is 0. The second kappa shape index (κ2) is 8.54. The lowest BCUT2D eigenvalue weighted by molar-refractivity contribution is -0.124. The number of fused-ring (bicyclic) bond motifs is 1. The molecule has 1 aromatic carbocycles. The van der Waals surface area contributed by atoms with Gasteiger partial charge in [-0.2, -0.15) is 0 Å². The molecule has 1 aliphatic carbocycles. The number of hydrogen-bond acceptors (Lipinski definition) is 2. The summed E-state index contributed by atoms with van der Waals surface area (Å²) in [6.45, 7) is 6.12. The quantitative estimate of drug-likeness (QED) is 0.870. The van der Waals surface area contributed by atoms with E-state index >= 15 is 0 Å². The van der Waals surface area contributed by atoms with Gasteiger partial charge in [-0.25, -0.2) is 0 Å². The zero-order chi connectivity index (χ0) is 15.4. The third-order valence-electron chi connectivity index (χ3n) is 4.79. The van der Waals surface area contributed by atoms with Crippen molar-refractivity contribution in [1.82, 2.24) is 5.32 Å². The van der Waals surface area contributed by atoms with Crippen LogP contribution in [0, 0.1) is 5.92 Å². The highest BCUT2D eigenvalue weighted by molar-refractivity contribution is 5.85. The summed E-state index contributed by atoms with van der Waals surface area (Å²) >= 11 is 0. The molecule has 2 rings (SSSR count).